The van der Waals surface area contributed by atoms with E-state index in [2.05, 4.69) is 204 Å². The Morgan fingerprint density at radius 3 is 1.55 bits per heavy atom. The van der Waals surface area contributed by atoms with Gasteiger partial charge in [0, 0.05) is 44.3 Å². The van der Waals surface area contributed by atoms with Gasteiger partial charge < -0.3 is 13.9 Å². The molecule has 0 aliphatic rings. The van der Waals surface area contributed by atoms with Gasteiger partial charge in [0.2, 0.25) is 0 Å². The topological polar surface area (TPSA) is 21.3 Å². The number of nitrogens with zero attached hydrogens (tertiary/aromatic N) is 2. The minimum Gasteiger partial charge on any atom is -0.456 e. The number of anilines is 3. The zero-order valence-electron chi connectivity index (χ0n) is 29.9. The maximum atomic E-state index is 6.22. The predicted molar refractivity (Wildman–Crippen MR) is 231 cm³/mol. The summed E-state index contributed by atoms with van der Waals surface area (Å²) >= 11 is 0. The van der Waals surface area contributed by atoms with Crippen molar-refractivity contribution in [1.82, 2.24) is 4.57 Å². The van der Waals surface area contributed by atoms with E-state index in [0.717, 1.165) is 44.7 Å². The van der Waals surface area contributed by atoms with Crippen molar-refractivity contribution in [3.8, 4) is 27.9 Å². The van der Waals surface area contributed by atoms with Crippen molar-refractivity contribution in [2.24, 2.45) is 0 Å². The van der Waals surface area contributed by atoms with E-state index in [1.807, 2.05) is 12.1 Å². The molecule has 11 aromatic rings. The van der Waals surface area contributed by atoms with Crippen molar-refractivity contribution in [2.75, 3.05) is 4.90 Å². The number of furan rings is 1. The van der Waals surface area contributed by atoms with Gasteiger partial charge in [0.15, 0.2) is 0 Å². The number of hydrogen-bond acceptors (Lipinski definition) is 2. The summed E-state index contributed by atoms with van der Waals surface area (Å²) < 4.78 is 8.58. The fraction of sp³-hybridized carbons (Fsp3) is 0. The van der Waals surface area contributed by atoms with Crippen LogP contribution in [-0.4, -0.2) is 4.57 Å². The molecule has 0 spiro atoms. The fourth-order valence-electron chi connectivity index (χ4n) is 8.37. The minimum atomic E-state index is 0.885. The average Bonchev–Trinajstić information content (AvgIpc) is 3.80. The van der Waals surface area contributed by atoms with Gasteiger partial charge in [-0.1, -0.05) is 133 Å². The molecule has 0 amide bonds. The molecule has 0 aliphatic heterocycles. The quantitative estimate of drug-likeness (QED) is 0.172. The van der Waals surface area contributed by atoms with Crippen LogP contribution < -0.4 is 4.90 Å². The van der Waals surface area contributed by atoms with Gasteiger partial charge in [0.25, 0.3) is 0 Å². The van der Waals surface area contributed by atoms with E-state index in [9.17, 15) is 0 Å². The van der Waals surface area contributed by atoms with E-state index in [1.165, 1.54) is 54.8 Å². The molecule has 0 aliphatic carbocycles. The lowest BCUT2D eigenvalue weighted by Crippen LogP contribution is -2.09. The van der Waals surface area contributed by atoms with Gasteiger partial charge >= 0.3 is 0 Å². The second kappa shape index (κ2) is 12.6. The molecule has 0 saturated carbocycles. The van der Waals surface area contributed by atoms with Crippen LogP contribution in [0.3, 0.4) is 0 Å². The maximum Gasteiger partial charge on any atom is 0.135 e. The molecule has 0 radical (unpaired) electrons. The molecule has 2 heterocycles. The molecule has 0 unspecified atom stereocenters. The first-order chi connectivity index (χ1) is 27.3. The molecule has 258 valence electrons. The first kappa shape index (κ1) is 31.2. The number of rotatable bonds is 6. The van der Waals surface area contributed by atoms with Gasteiger partial charge in [-0.25, -0.2) is 0 Å². The van der Waals surface area contributed by atoms with Crippen molar-refractivity contribution < 1.29 is 4.42 Å². The summed E-state index contributed by atoms with van der Waals surface area (Å²) in [6, 6.07) is 74.0. The lowest BCUT2D eigenvalue weighted by molar-refractivity contribution is 0.669. The van der Waals surface area contributed by atoms with E-state index in [1.54, 1.807) is 0 Å². The van der Waals surface area contributed by atoms with Crippen LogP contribution in [0.15, 0.2) is 211 Å². The number of benzene rings is 9. The van der Waals surface area contributed by atoms with Gasteiger partial charge in [-0.3, -0.25) is 0 Å². The Balaban J connectivity index is 0.979. The van der Waals surface area contributed by atoms with Crippen molar-refractivity contribution in [3.05, 3.63) is 206 Å². The number of fused-ring (bicyclic) bond motifs is 7. The summed E-state index contributed by atoms with van der Waals surface area (Å²) in [7, 11) is 0. The highest BCUT2D eigenvalue weighted by Crippen LogP contribution is 2.41. The number of para-hydroxylation sites is 3. The Hall–Kier alpha value is -7.36. The normalized spacial score (nSPS) is 11.6. The first-order valence-electron chi connectivity index (χ1n) is 18.8. The van der Waals surface area contributed by atoms with E-state index in [0.29, 0.717) is 0 Å². The molecule has 0 bridgehead atoms. The van der Waals surface area contributed by atoms with Gasteiger partial charge in [-0.05, 0) is 106 Å². The van der Waals surface area contributed by atoms with Gasteiger partial charge in [0.05, 0.1) is 11.0 Å². The Kier molecular flexibility index (Phi) is 7.17. The second-order valence-electron chi connectivity index (χ2n) is 14.2. The minimum absolute atomic E-state index is 0.885. The summed E-state index contributed by atoms with van der Waals surface area (Å²) in [4.78, 5) is 2.34. The predicted octanol–water partition coefficient (Wildman–Crippen LogP) is 14.6. The van der Waals surface area contributed by atoms with Crippen LogP contribution in [0.4, 0.5) is 17.1 Å². The standard InChI is InChI=1S/C52H34N2O/c1-2-12-43-37(10-1)11-9-16-44(43)38-24-30-40(31-25-38)53(42-32-33-52-48(34-42)47-15-5-8-19-51(47)55-52)39-26-20-35(21-27-39)36-22-28-41(29-23-36)54-49-17-6-3-13-45(49)46-14-4-7-18-50(46)54/h1-34H. The molecular weight excluding hydrogens is 669 g/mol. The molecule has 11 rings (SSSR count). The van der Waals surface area contributed by atoms with E-state index in [-0.39, 0.29) is 0 Å². The molecule has 0 N–H and O–H groups in total. The zero-order chi connectivity index (χ0) is 36.3. The highest BCUT2D eigenvalue weighted by molar-refractivity contribution is 6.09. The third-order valence-electron chi connectivity index (χ3n) is 11.0. The lowest BCUT2D eigenvalue weighted by Gasteiger charge is -2.26. The molecule has 9 aromatic carbocycles. The molecule has 3 nitrogen and oxygen atoms in total. The first-order valence-corrected chi connectivity index (χ1v) is 18.8. The summed E-state index contributed by atoms with van der Waals surface area (Å²) in [5.74, 6) is 0. The molecule has 2 aromatic heterocycles. The van der Waals surface area contributed by atoms with Crippen molar-refractivity contribution in [1.29, 1.82) is 0 Å². The molecule has 55 heavy (non-hydrogen) atoms. The van der Waals surface area contributed by atoms with Crippen LogP contribution in [0.2, 0.25) is 0 Å². The number of hydrogen-bond donors (Lipinski definition) is 0. The zero-order valence-corrected chi connectivity index (χ0v) is 29.9. The van der Waals surface area contributed by atoms with Crippen molar-refractivity contribution in [2.45, 2.75) is 0 Å². The number of aromatic nitrogens is 1. The Labute approximate surface area is 318 Å². The largest absolute Gasteiger partial charge is 0.456 e. The highest BCUT2D eigenvalue weighted by atomic mass is 16.3. The van der Waals surface area contributed by atoms with Gasteiger partial charge in [-0.2, -0.15) is 0 Å². The molecule has 3 heteroatoms. The smallest absolute Gasteiger partial charge is 0.135 e. The SMILES string of the molecule is c1ccc2c(-c3ccc(N(c4ccc(-c5ccc(-n6c7ccccc7c7ccccc76)cc5)cc4)c4ccc5oc6ccccc6c5c4)cc3)cccc2c1. The summed E-state index contributed by atoms with van der Waals surface area (Å²) in [5.41, 5.74) is 13.4. The Bertz CT molecular complexity index is 3130. The summed E-state index contributed by atoms with van der Waals surface area (Å²) in [6.45, 7) is 0. The van der Waals surface area contributed by atoms with Crippen LogP contribution in [0.5, 0.6) is 0 Å². The molecular formula is C52H34N2O. The van der Waals surface area contributed by atoms with Crippen LogP contribution in [0, 0.1) is 0 Å². The Morgan fingerprint density at radius 2 is 0.855 bits per heavy atom. The summed E-state index contributed by atoms with van der Waals surface area (Å²) in [6.07, 6.45) is 0. The summed E-state index contributed by atoms with van der Waals surface area (Å²) in [5, 5.41) is 7.25. The van der Waals surface area contributed by atoms with Crippen molar-refractivity contribution >= 4 is 71.6 Å². The third kappa shape index (κ3) is 5.20. The van der Waals surface area contributed by atoms with Crippen LogP contribution in [0.25, 0.3) is 82.5 Å². The average molecular weight is 703 g/mol. The van der Waals surface area contributed by atoms with Gasteiger partial charge in [-0.15, -0.1) is 0 Å². The maximum absolute atomic E-state index is 6.22. The molecule has 0 saturated heterocycles. The van der Waals surface area contributed by atoms with Crippen molar-refractivity contribution in [3.63, 3.8) is 0 Å². The lowest BCUT2D eigenvalue weighted by atomic mass is 9.98. The van der Waals surface area contributed by atoms with E-state index < -0.39 is 0 Å². The third-order valence-corrected chi connectivity index (χ3v) is 11.0. The molecule has 0 fully saturated rings. The van der Waals surface area contributed by atoms with Crippen LogP contribution in [0.1, 0.15) is 0 Å². The van der Waals surface area contributed by atoms with Gasteiger partial charge in [0.1, 0.15) is 11.2 Å². The molecule has 0 atom stereocenters. The Morgan fingerprint density at radius 1 is 0.345 bits per heavy atom. The fourth-order valence-corrected chi connectivity index (χ4v) is 8.37. The van der Waals surface area contributed by atoms with Crippen LogP contribution >= 0.6 is 0 Å². The van der Waals surface area contributed by atoms with E-state index >= 15 is 0 Å². The van der Waals surface area contributed by atoms with Crippen LogP contribution in [-0.2, 0) is 0 Å². The second-order valence-corrected chi connectivity index (χ2v) is 14.2. The van der Waals surface area contributed by atoms with E-state index in [4.69, 9.17) is 4.42 Å². The highest BCUT2D eigenvalue weighted by Gasteiger charge is 2.17. The monoisotopic (exact) mass is 702 g/mol.